The van der Waals surface area contributed by atoms with Gasteiger partial charge in [-0.2, -0.15) is 39.5 Å². The molecule has 1 aliphatic rings. The number of piperazine rings is 1. The minimum atomic E-state index is -5.66. The molecule has 0 bridgehead atoms. The van der Waals surface area contributed by atoms with Crippen molar-refractivity contribution in [2.24, 2.45) is 0 Å². The second-order valence-corrected chi connectivity index (χ2v) is 6.79. The lowest BCUT2D eigenvalue weighted by Gasteiger charge is -2.37. The van der Waals surface area contributed by atoms with Gasteiger partial charge in [0.15, 0.2) is 0 Å². The Morgan fingerprint density at radius 1 is 0.900 bits per heavy atom. The van der Waals surface area contributed by atoms with Gasteiger partial charge in [-0.05, 0) is 18.2 Å². The molecule has 172 valence electrons. The van der Waals surface area contributed by atoms with Crippen molar-refractivity contribution < 1.29 is 49.4 Å². The second-order valence-electron chi connectivity index (χ2n) is 6.79. The molecule has 0 aromatic heterocycles. The van der Waals surface area contributed by atoms with Crippen LogP contribution < -0.4 is 4.90 Å². The highest BCUT2D eigenvalue weighted by molar-refractivity contribution is 5.49. The Morgan fingerprint density at radius 2 is 1.47 bits per heavy atom. The van der Waals surface area contributed by atoms with E-state index in [4.69, 9.17) is 0 Å². The average molecular weight is 454 g/mol. The van der Waals surface area contributed by atoms with Gasteiger partial charge in [-0.3, -0.25) is 4.90 Å². The van der Waals surface area contributed by atoms with Crippen molar-refractivity contribution in [3.05, 3.63) is 29.8 Å². The van der Waals surface area contributed by atoms with Crippen molar-refractivity contribution in [2.75, 3.05) is 44.2 Å². The van der Waals surface area contributed by atoms with Gasteiger partial charge >= 0.3 is 18.5 Å². The van der Waals surface area contributed by atoms with E-state index in [0.717, 1.165) is 12.1 Å². The van der Waals surface area contributed by atoms with E-state index in [9.17, 15) is 44.6 Å². The molecule has 0 amide bonds. The number of hydrogen-bond donors (Lipinski definition) is 1. The molecule has 2 rings (SSSR count). The van der Waals surface area contributed by atoms with Crippen LogP contribution in [0, 0.1) is 0 Å². The molecule has 1 atom stereocenters. The van der Waals surface area contributed by atoms with E-state index in [1.165, 1.54) is 12.1 Å². The van der Waals surface area contributed by atoms with Crippen molar-refractivity contribution in [1.82, 2.24) is 4.90 Å². The Hall–Kier alpha value is -1.73. The fourth-order valence-electron chi connectivity index (χ4n) is 3.00. The Labute approximate surface area is 165 Å². The Balaban J connectivity index is 1.85. The van der Waals surface area contributed by atoms with Gasteiger partial charge in [-0.1, -0.05) is 6.07 Å². The van der Waals surface area contributed by atoms with E-state index < -0.39 is 42.9 Å². The number of aliphatic hydroxyl groups excluding tert-OH is 1. The molecule has 1 N–H and O–H groups in total. The summed E-state index contributed by atoms with van der Waals surface area (Å²) in [6.45, 7) is -0.383. The maximum Gasteiger partial charge on any atom is 0.423 e. The molecule has 1 aromatic carbocycles. The lowest BCUT2D eigenvalue weighted by Crippen LogP contribution is -2.50. The SMILES string of the molecule is O[C@@H](COC(C(F)(F)F)C(F)(F)F)CN1CCN(c2cccc(C(F)(F)F)c2)CC1. The summed E-state index contributed by atoms with van der Waals surface area (Å²) in [5.74, 6) is 0. The monoisotopic (exact) mass is 454 g/mol. The molecule has 0 aliphatic carbocycles. The summed E-state index contributed by atoms with van der Waals surface area (Å²) in [6, 6.07) is 4.70. The van der Waals surface area contributed by atoms with Crippen molar-refractivity contribution in [2.45, 2.75) is 30.7 Å². The van der Waals surface area contributed by atoms with E-state index in [1.54, 1.807) is 9.80 Å². The van der Waals surface area contributed by atoms with Gasteiger partial charge in [0.2, 0.25) is 6.10 Å². The molecule has 1 aliphatic heterocycles. The van der Waals surface area contributed by atoms with Crippen LogP contribution in [0.15, 0.2) is 24.3 Å². The van der Waals surface area contributed by atoms with Crippen LogP contribution in [0.25, 0.3) is 0 Å². The highest BCUT2D eigenvalue weighted by Gasteiger charge is 2.58. The third-order valence-corrected chi connectivity index (χ3v) is 4.43. The summed E-state index contributed by atoms with van der Waals surface area (Å²) < 4.78 is 117. The number of alkyl halides is 9. The van der Waals surface area contributed by atoms with Gasteiger partial charge < -0.3 is 14.7 Å². The predicted molar refractivity (Wildman–Crippen MR) is 88.0 cm³/mol. The fourth-order valence-corrected chi connectivity index (χ4v) is 3.00. The number of nitrogens with zero attached hydrogens (tertiary/aromatic N) is 2. The van der Waals surface area contributed by atoms with E-state index in [2.05, 4.69) is 4.74 Å². The number of benzene rings is 1. The number of aliphatic hydroxyl groups is 1. The average Bonchev–Trinajstić information content (AvgIpc) is 2.59. The van der Waals surface area contributed by atoms with Crippen molar-refractivity contribution in [3.8, 4) is 0 Å². The quantitative estimate of drug-likeness (QED) is 0.666. The molecular weight excluding hydrogens is 435 g/mol. The topological polar surface area (TPSA) is 35.9 Å². The third kappa shape index (κ3) is 6.91. The molecular formula is C17H19F9N2O2. The summed E-state index contributed by atoms with van der Waals surface area (Å²) in [5.41, 5.74) is -0.467. The number of ether oxygens (including phenoxy) is 1. The zero-order chi connectivity index (χ0) is 22.7. The maximum absolute atomic E-state index is 12.8. The van der Waals surface area contributed by atoms with Crippen molar-refractivity contribution in [1.29, 1.82) is 0 Å². The highest BCUT2D eigenvalue weighted by atomic mass is 19.4. The number of halogens is 9. The summed E-state index contributed by atoms with van der Waals surface area (Å²) in [6.07, 6.45) is -21.4. The number of rotatable bonds is 6. The molecule has 0 saturated carbocycles. The van der Waals surface area contributed by atoms with E-state index in [-0.39, 0.29) is 32.7 Å². The first-order valence-electron chi connectivity index (χ1n) is 8.75. The summed E-state index contributed by atoms with van der Waals surface area (Å²) in [4.78, 5) is 3.24. The van der Waals surface area contributed by atoms with Crippen LogP contribution in [0.4, 0.5) is 45.2 Å². The molecule has 1 fully saturated rings. The first-order chi connectivity index (χ1) is 13.7. The number of hydrogen-bond acceptors (Lipinski definition) is 4. The first kappa shape index (κ1) is 24.5. The fraction of sp³-hybridized carbons (Fsp3) is 0.647. The van der Waals surface area contributed by atoms with Gasteiger partial charge in [0, 0.05) is 38.4 Å². The smallest absolute Gasteiger partial charge is 0.389 e. The van der Waals surface area contributed by atoms with E-state index >= 15 is 0 Å². The molecule has 13 heteroatoms. The lowest BCUT2D eigenvalue weighted by molar-refractivity contribution is -0.324. The van der Waals surface area contributed by atoms with Crippen LogP contribution in [-0.2, 0) is 10.9 Å². The molecule has 1 saturated heterocycles. The molecule has 4 nitrogen and oxygen atoms in total. The van der Waals surface area contributed by atoms with E-state index in [0.29, 0.717) is 5.69 Å². The van der Waals surface area contributed by atoms with Gasteiger partial charge in [-0.15, -0.1) is 0 Å². The number of β-amino-alcohol motifs (C(OH)–C–C–N with tert-alkyl or cyclic N) is 1. The van der Waals surface area contributed by atoms with Gasteiger partial charge in [-0.25, -0.2) is 0 Å². The molecule has 1 heterocycles. The normalized spacial score (nSPS) is 18.2. The standard InChI is InChI=1S/C17H19F9N2O2/c18-15(19,20)11-2-1-3-12(8-11)28-6-4-27(5-7-28)9-13(29)10-30-14(16(21,22)23)17(24,25)26/h1-3,8,13-14,29H,4-7,9-10H2/t13-/m1/s1. The molecule has 0 spiro atoms. The zero-order valence-corrected chi connectivity index (χ0v) is 15.4. The van der Waals surface area contributed by atoms with Crippen molar-refractivity contribution in [3.63, 3.8) is 0 Å². The van der Waals surface area contributed by atoms with Crippen LogP contribution in [0.2, 0.25) is 0 Å². The van der Waals surface area contributed by atoms with Crippen LogP contribution >= 0.6 is 0 Å². The highest BCUT2D eigenvalue weighted by Crippen LogP contribution is 2.36. The van der Waals surface area contributed by atoms with Gasteiger partial charge in [0.25, 0.3) is 0 Å². The Morgan fingerprint density at radius 3 is 1.97 bits per heavy atom. The molecule has 0 unspecified atom stereocenters. The minimum Gasteiger partial charge on any atom is -0.389 e. The van der Waals surface area contributed by atoms with Crippen LogP contribution in [0.3, 0.4) is 0 Å². The zero-order valence-electron chi connectivity index (χ0n) is 15.4. The first-order valence-corrected chi connectivity index (χ1v) is 8.75. The third-order valence-electron chi connectivity index (χ3n) is 4.43. The van der Waals surface area contributed by atoms with E-state index in [1.807, 2.05) is 0 Å². The van der Waals surface area contributed by atoms with Gasteiger partial charge in [0.1, 0.15) is 0 Å². The minimum absolute atomic E-state index is 0.237. The van der Waals surface area contributed by atoms with Crippen LogP contribution in [0.5, 0.6) is 0 Å². The largest absolute Gasteiger partial charge is 0.423 e. The van der Waals surface area contributed by atoms with Crippen LogP contribution in [0.1, 0.15) is 5.56 Å². The summed E-state index contributed by atoms with van der Waals surface area (Å²) in [5, 5.41) is 9.75. The lowest BCUT2D eigenvalue weighted by atomic mass is 10.1. The predicted octanol–water partition coefficient (Wildman–Crippen LogP) is 3.70. The molecule has 0 radical (unpaired) electrons. The van der Waals surface area contributed by atoms with Gasteiger partial charge in [0.05, 0.1) is 18.3 Å². The maximum atomic E-state index is 12.8. The molecule has 1 aromatic rings. The van der Waals surface area contributed by atoms with Crippen molar-refractivity contribution >= 4 is 5.69 Å². The summed E-state index contributed by atoms with van der Waals surface area (Å²) in [7, 11) is 0. The Bertz CT molecular complexity index is 669. The summed E-state index contributed by atoms with van der Waals surface area (Å²) >= 11 is 0. The number of anilines is 1. The van der Waals surface area contributed by atoms with Crippen LogP contribution in [-0.4, -0.2) is 73.9 Å². The second kappa shape index (κ2) is 9.18. The molecule has 30 heavy (non-hydrogen) atoms. The Kier molecular flexibility index (Phi) is 7.51.